The summed E-state index contributed by atoms with van der Waals surface area (Å²) in [6.45, 7) is -0.124. The van der Waals surface area contributed by atoms with Gasteiger partial charge in [0.1, 0.15) is 6.10 Å². The number of nitrogens with one attached hydrogen (secondary N) is 1. The molecule has 0 spiro atoms. The molecule has 1 aliphatic rings. The quantitative estimate of drug-likeness (QED) is 0.238. The summed E-state index contributed by atoms with van der Waals surface area (Å²) in [4.78, 5) is 35.9. The van der Waals surface area contributed by atoms with Gasteiger partial charge in [0.05, 0.1) is 30.7 Å². The number of nitrogens with zero attached hydrogens (tertiary/aromatic N) is 4. The Morgan fingerprint density at radius 3 is 2.69 bits per heavy atom. The van der Waals surface area contributed by atoms with E-state index in [-0.39, 0.29) is 11.7 Å². The first-order valence-corrected chi connectivity index (χ1v) is 14.5. The second kappa shape index (κ2) is 10.4. The Balaban J connectivity index is 1.49. The van der Waals surface area contributed by atoms with E-state index in [0.29, 0.717) is 28.7 Å². The average Bonchev–Trinajstić information content (AvgIpc) is 3.32. The highest BCUT2D eigenvalue weighted by Crippen LogP contribution is 2.55. The number of aliphatic hydroxyl groups excluding tert-OH is 1. The van der Waals surface area contributed by atoms with Crippen LogP contribution in [-0.4, -0.2) is 64.1 Å². The predicted octanol–water partition coefficient (Wildman–Crippen LogP) is 2.57. The zero-order chi connectivity index (χ0) is 25.4. The fraction of sp³-hybridized carbons (Fsp3) is 0.389. The van der Waals surface area contributed by atoms with E-state index in [4.69, 9.17) is 42.2 Å². The molecule has 0 aliphatic carbocycles. The van der Waals surface area contributed by atoms with E-state index in [1.54, 1.807) is 6.07 Å². The van der Waals surface area contributed by atoms with Gasteiger partial charge in [0.2, 0.25) is 5.28 Å². The molecule has 35 heavy (non-hydrogen) atoms. The second-order valence-corrected chi connectivity index (χ2v) is 12.6. The summed E-state index contributed by atoms with van der Waals surface area (Å²) in [5.41, 5.74) is 1.49. The number of ether oxygens (including phenoxy) is 1. The number of fused-ring (bicyclic) bond motifs is 1. The van der Waals surface area contributed by atoms with Crippen LogP contribution in [0.4, 0.5) is 5.82 Å². The maximum absolute atomic E-state index is 11.9. The Morgan fingerprint density at radius 2 is 1.97 bits per heavy atom. The minimum atomic E-state index is -4.76. The van der Waals surface area contributed by atoms with Crippen molar-refractivity contribution in [1.82, 2.24) is 19.6 Å². The summed E-state index contributed by atoms with van der Waals surface area (Å²) >= 11 is 12.3. The molecule has 1 saturated heterocycles. The van der Waals surface area contributed by atoms with E-state index in [1.807, 2.05) is 18.2 Å². The largest absolute Gasteiger partial charge is 0.390 e. The van der Waals surface area contributed by atoms with E-state index >= 15 is 0 Å². The van der Waals surface area contributed by atoms with Crippen molar-refractivity contribution >= 4 is 49.9 Å². The average molecular weight is 568 g/mol. The third-order valence-corrected chi connectivity index (χ3v) is 9.06. The molecule has 1 aliphatic heterocycles. The molecule has 4 rings (SSSR count). The van der Waals surface area contributed by atoms with Crippen molar-refractivity contribution in [3.05, 3.63) is 52.0 Å². The monoisotopic (exact) mass is 567 g/mol. The van der Waals surface area contributed by atoms with Crippen LogP contribution in [0.3, 0.4) is 0 Å². The van der Waals surface area contributed by atoms with Crippen LogP contribution in [0.5, 0.6) is 0 Å². The number of imidazole rings is 1. The zero-order valence-corrected chi connectivity index (χ0v) is 21.1. The maximum atomic E-state index is 11.9. The maximum Gasteiger partial charge on any atom is 0.340 e. The van der Waals surface area contributed by atoms with Gasteiger partial charge >= 0.3 is 15.2 Å². The highest BCUT2D eigenvalue weighted by Gasteiger charge is 2.39. The van der Waals surface area contributed by atoms with Crippen molar-refractivity contribution in [2.75, 3.05) is 17.8 Å². The molecular formula is C18H21Cl2N5O8P2. The van der Waals surface area contributed by atoms with Gasteiger partial charge in [0.25, 0.3) is 0 Å². The Morgan fingerprint density at radius 1 is 1.23 bits per heavy atom. The summed E-state index contributed by atoms with van der Waals surface area (Å²) < 4.78 is 34.8. The Bertz CT molecular complexity index is 1320. The number of hydrogen-bond donors (Lipinski definition) is 5. The lowest BCUT2D eigenvalue weighted by atomic mass is 10.1. The second-order valence-electron chi connectivity index (χ2n) is 7.81. The standard InChI is InChI=1S/C18H21Cl2N5O8P2/c19-12-4-2-1-3-10(12)6-21-16-17-22-7-13(25(17)24-18(20)23-16)15-14(26)5-11(33-15)8-32-35(30,31)9-34(27,28)29/h1-4,7,11,14-15,26H,5-6,8-9H2,(H,30,31)(H,21,23,24)(H2,27,28,29)/t11-,14+,15-/m0/s1. The summed E-state index contributed by atoms with van der Waals surface area (Å²) in [5.74, 6) is -0.993. The highest BCUT2D eigenvalue weighted by atomic mass is 35.5. The molecule has 13 nitrogen and oxygen atoms in total. The van der Waals surface area contributed by atoms with E-state index < -0.39 is 46.0 Å². The van der Waals surface area contributed by atoms with Gasteiger partial charge in [-0.15, -0.1) is 5.10 Å². The lowest BCUT2D eigenvalue weighted by Gasteiger charge is -2.17. The van der Waals surface area contributed by atoms with Crippen molar-refractivity contribution in [2.24, 2.45) is 0 Å². The molecule has 1 unspecified atom stereocenters. The molecule has 3 heterocycles. The van der Waals surface area contributed by atoms with E-state index in [0.717, 1.165) is 5.56 Å². The van der Waals surface area contributed by atoms with Crippen LogP contribution in [0, 0.1) is 0 Å². The van der Waals surface area contributed by atoms with Gasteiger partial charge < -0.3 is 34.4 Å². The van der Waals surface area contributed by atoms with Gasteiger partial charge in [-0.05, 0) is 23.2 Å². The van der Waals surface area contributed by atoms with Gasteiger partial charge in [-0.3, -0.25) is 9.13 Å². The number of aromatic nitrogens is 4. The number of anilines is 1. The summed E-state index contributed by atoms with van der Waals surface area (Å²) in [6.07, 6.45) is -1.34. The number of benzene rings is 1. The molecule has 0 bridgehead atoms. The molecule has 5 N–H and O–H groups in total. The molecule has 190 valence electrons. The summed E-state index contributed by atoms with van der Waals surface area (Å²) in [7, 11) is -9.31. The Labute approximate surface area is 208 Å². The van der Waals surface area contributed by atoms with E-state index in [9.17, 15) is 19.1 Å². The Kier molecular flexibility index (Phi) is 7.85. The van der Waals surface area contributed by atoms with Crippen LogP contribution in [0.1, 0.15) is 23.8 Å². The van der Waals surface area contributed by atoms with Crippen LogP contribution < -0.4 is 5.32 Å². The zero-order valence-electron chi connectivity index (χ0n) is 17.8. The van der Waals surface area contributed by atoms with Crippen molar-refractivity contribution in [2.45, 2.75) is 31.3 Å². The van der Waals surface area contributed by atoms with Gasteiger partial charge in [-0.2, -0.15) is 4.98 Å². The smallest absolute Gasteiger partial charge is 0.340 e. The van der Waals surface area contributed by atoms with Crippen molar-refractivity contribution in [3.63, 3.8) is 0 Å². The SMILES string of the molecule is O=P(O)(O)CP(=O)(O)OC[C@@H]1C[C@@H](O)[C@H](c2cnc3c(NCc4ccccc4Cl)nc(Cl)nn23)O1. The lowest BCUT2D eigenvalue weighted by Crippen LogP contribution is -2.16. The van der Waals surface area contributed by atoms with Gasteiger partial charge in [-0.25, -0.2) is 9.50 Å². The molecular weight excluding hydrogens is 547 g/mol. The van der Waals surface area contributed by atoms with Crippen LogP contribution >= 0.6 is 38.4 Å². The minimum Gasteiger partial charge on any atom is -0.390 e. The molecule has 3 aromatic rings. The van der Waals surface area contributed by atoms with E-state index in [2.05, 4.69) is 20.4 Å². The third-order valence-electron chi connectivity index (χ3n) is 5.08. The molecule has 17 heteroatoms. The highest BCUT2D eigenvalue weighted by molar-refractivity contribution is 7.70. The fourth-order valence-electron chi connectivity index (χ4n) is 3.60. The van der Waals surface area contributed by atoms with Crippen LogP contribution in [0.15, 0.2) is 30.5 Å². The first-order valence-electron chi connectivity index (χ1n) is 10.1. The summed E-state index contributed by atoms with van der Waals surface area (Å²) in [6, 6.07) is 7.27. The van der Waals surface area contributed by atoms with Crippen molar-refractivity contribution in [3.8, 4) is 0 Å². The molecule has 0 radical (unpaired) electrons. The van der Waals surface area contributed by atoms with E-state index in [1.165, 1.54) is 10.7 Å². The number of hydrogen-bond acceptors (Lipinski definition) is 9. The molecule has 4 atom stereocenters. The number of aliphatic hydroxyl groups is 1. The Hall–Kier alpha value is -1.63. The van der Waals surface area contributed by atoms with Crippen molar-refractivity contribution < 1.29 is 38.2 Å². The van der Waals surface area contributed by atoms with Gasteiger partial charge in [0, 0.05) is 18.0 Å². The molecule has 0 saturated carbocycles. The van der Waals surface area contributed by atoms with Gasteiger partial charge in [0.15, 0.2) is 17.4 Å². The van der Waals surface area contributed by atoms with Crippen LogP contribution in [0.2, 0.25) is 10.3 Å². The molecule has 2 aromatic heterocycles. The van der Waals surface area contributed by atoms with Gasteiger partial charge in [-0.1, -0.05) is 29.8 Å². The van der Waals surface area contributed by atoms with Crippen LogP contribution in [0.25, 0.3) is 5.65 Å². The lowest BCUT2D eigenvalue weighted by molar-refractivity contribution is -0.0110. The topological polar surface area (TPSA) is 189 Å². The normalized spacial score (nSPS) is 22.4. The number of rotatable bonds is 9. The summed E-state index contributed by atoms with van der Waals surface area (Å²) in [5, 5.41) is 18.3. The first-order chi connectivity index (χ1) is 16.4. The first kappa shape index (κ1) is 26.4. The van der Waals surface area contributed by atoms with Crippen molar-refractivity contribution in [1.29, 1.82) is 0 Å². The number of halogens is 2. The molecule has 1 aromatic carbocycles. The minimum absolute atomic E-state index is 0.0320. The van der Waals surface area contributed by atoms with Crippen LogP contribution in [-0.2, 0) is 24.9 Å². The fourth-order valence-corrected chi connectivity index (χ4v) is 6.55. The third kappa shape index (κ3) is 6.58. The molecule has 0 amide bonds. The molecule has 1 fully saturated rings. The predicted molar refractivity (Wildman–Crippen MR) is 125 cm³/mol.